The topological polar surface area (TPSA) is 49.1 Å². The van der Waals surface area contributed by atoms with E-state index in [9.17, 15) is 0 Å². The second-order valence-electron chi connectivity index (χ2n) is 3.95. The minimum Gasteiger partial charge on any atom is -0.383 e. The Bertz CT molecular complexity index is 386. The fraction of sp³-hybridized carbons (Fsp3) is 0.538. The number of hydrogen-bond donors (Lipinski definition) is 0. The zero-order valence-electron chi connectivity index (χ0n) is 10.7. The van der Waals surface area contributed by atoms with Crippen LogP contribution in [-0.4, -0.2) is 31.3 Å². The molecule has 0 amide bonds. The first kappa shape index (κ1) is 13.5. The number of aromatic nitrogens is 1. The lowest BCUT2D eigenvalue weighted by molar-refractivity contribution is 0.203. The van der Waals surface area contributed by atoms with Crippen molar-refractivity contribution in [2.45, 2.75) is 26.3 Å². The Hall–Kier alpha value is -1.60. The molecule has 4 nitrogen and oxygen atoms in total. The quantitative estimate of drug-likeness (QED) is 0.755. The minimum atomic E-state index is 0.362. The summed E-state index contributed by atoms with van der Waals surface area (Å²) in [7, 11) is 1.68. The molecule has 0 saturated carbocycles. The molecule has 0 spiro atoms. The molecule has 0 radical (unpaired) electrons. The van der Waals surface area contributed by atoms with E-state index in [0.717, 1.165) is 18.7 Å². The molecule has 1 rings (SSSR count). The van der Waals surface area contributed by atoms with Crippen molar-refractivity contribution in [1.29, 1.82) is 5.26 Å². The summed E-state index contributed by atoms with van der Waals surface area (Å²) in [6, 6.07) is 4.32. The van der Waals surface area contributed by atoms with Crippen LogP contribution in [0.15, 0.2) is 18.5 Å². The normalized spacial score (nSPS) is 11.9. The van der Waals surface area contributed by atoms with Crippen LogP contribution in [0.5, 0.6) is 0 Å². The van der Waals surface area contributed by atoms with E-state index in [2.05, 4.69) is 29.8 Å². The van der Waals surface area contributed by atoms with Crippen molar-refractivity contribution in [2.75, 3.05) is 25.2 Å². The standard InChI is InChI=1S/C13H19N3O/c1-4-11(2)16(7-8-17-3)13-10-15-6-5-12(13)9-14/h5-6,10-11H,4,7-8H2,1-3H3. The lowest BCUT2D eigenvalue weighted by Gasteiger charge is -2.30. The lowest BCUT2D eigenvalue weighted by atomic mass is 10.1. The maximum Gasteiger partial charge on any atom is 0.101 e. The molecule has 0 N–H and O–H groups in total. The smallest absolute Gasteiger partial charge is 0.101 e. The van der Waals surface area contributed by atoms with Crippen LogP contribution < -0.4 is 4.90 Å². The molecule has 0 bridgehead atoms. The van der Waals surface area contributed by atoms with Gasteiger partial charge in [-0.2, -0.15) is 5.26 Å². The largest absolute Gasteiger partial charge is 0.383 e. The van der Waals surface area contributed by atoms with Gasteiger partial charge < -0.3 is 9.64 Å². The van der Waals surface area contributed by atoms with Crippen molar-refractivity contribution in [3.8, 4) is 6.07 Å². The van der Waals surface area contributed by atoms with Crippen LogP contribution in [0.3, 0.4) is 0 Å². The van der Waals surface area contributed by atoms with Crippen molar-refractivity contribution in [3.05, 3.63) is 24.0 Å². The Labute approximate surface area is 103 Å². The van der Waals surface area contributed by atoms with Gasteiger partial charge in [-0.25, -0.2) is 0 Å². The van der Waals surface area contributed by atoms with Gasteiger partial charge in [-0.3, -0.25) is 4.98 Å². The summed E-state index contributed by atoms with van der Waals surface area (Å²) in [5.74, 6) is 0. The van der Waals surface area contributed by atoms with Gasteiger partial charge in [0.15, 0.2) is 0 Å². The second-order valence-corrected chi connectivity index (χ2v) is 3.95. The molecule has 0 aliphatic carbocycles. The molecule has 17 heavy (non-hydrogen) atoms. The molecular formula is C13H19N3O. The van der Waals surface area contributed by atoms with Gasteiger partial charge in [0.05, 0.1) is 24.1 Å². The van der Waals surface area contributed by atoms with E-state index in [1.54, 1.807) is 25.6 Å². The number of pyridine rings is 1. The van der Waals surface area contributed by atoms with E-state index in [0.29, 0.717) is 18.2 Å². The maximum absolute atomic E-state index is 9.11. The summed E-state index contributed by atoms with van der Waals surface area (Å²) in [5.41, 5.74) is 1.55. The third kappa shape index (κ3) is 3.43. The van der Waals surface area contributed by atoms with Crippen LogP contribution in [0.1, 0.15) is 25.8 Å². The summed E-state index contributed by atoms with van der Waals surface area (Å²) in [4.78, 5) is 6.28. The molecule has 1 aromatic rings. The van der Waals surface area contributed by atoms with Crippen LogP contribution >= 0.6 is 0 Å². The number of nitrogens with zero attached hydrogens (tertiary/aromatic N) is 3. The van der Waals surface area contributed by atoms with E-state index < -0.39 is 0 Å². The average molecular weight is 233 g/mol. The van der Waals surface area contributed by atoms with Gasteiger partial charge in [0.1, 0.15) is 6.07 Å². The number of hydrogen-bond acceptors (Lipinski definition) is 4. The Balaban J connectivity index is 2.99. The number of anilines is 1. The molecule has 4 heteroatoms. The van der Waals surface area contributed by atoms with Crippen molar-refractivity contribution >= 4 is 5.69 Å². The van der Waals surface area contributed by atoms with Crippen molar-refractivity contribution < 1.29 is 4.74 Å². The first-order valence-corrected chi connectivity index (χ1v) is 5.84. The molecule has 1 aromatic heterocycles. The fourth-order valence-electron chi connectivity index (χ4n) is 1.70. The van der Waals surface area contributed by atoms with Gasteiger partial charge in [-0.15, -0.1) is 0 Å². The van der Waals surface area contributed by atoms with Crippen LogP contribution in [0.25, 0.3) is 0 Å². The van der Waals surface area contributed by atoms with E-state index in [1.807, 2.05) is 0 Å². The zero-order valence-corrected chi connectivity index (χ0v) is 10.7. The highest BCUT2D eigenvalue weighted by Crippen LogP contribution is 2.21. The molecule has 0 aliphatic rings. The summed E-state index contributed by atoms with van der Waals surface area (Å²) in [6.45, 7) is 5.69. The Morgan fingerprint density at radius 3 is 2.94 bits per heavy atom. The summed E-state index contributed by atoms with van der Waals surface area (Å²) in [5, 5.41) is 9.11. The van der Waals surface area contributed by atoms with Gasteiger partial charge in [-0.1, -0.05) is 6.92 Å². The molecule has 0 aliphatic heterocycles. The van der Waals surface area contributed by atoms with Crippen LogP contribution in [0, 0.1) is 11.3 Å². The third-order valence-electron chi connectivity index (χ3n) is 2.89. The first-order chi connectivity index (χ1) is 8.24. The average Bonchev–Trinajstić information content (AvgIpc) is 2.39. The Kier molecular flexibility index (Phi) is 5.44. The van der Waals surface area contributed by atoms with Gasteiger partial charge >= 0.3 is 0 Å². The summed E-state index contributed by atoms with van der Waals surface area (Å²) >= 11 is 0. The van der Waals surface area contributed by atoms with E-state index in [1.165, 1.54) is 0 Å². The van der Waals surface area contributed by atoms with Crippen molar-refractivity contribution in [2.24, 2.45) is 0 Å². The number of methoxy groups -OCH3 is 1. The molecule has 92 valence electrons. The third-order valence-corrected chi connectivity index (χ3v) is 2.89. The fourth-order valence-corrected chi connectivity index (χ4v) is 1.70. The molecular weight excluding hydrogens is 214 g/mol. The van der Waals surface area contributed by atoms with Crippen LogP contribution in [-0.2, 0) is 4.74 Å². The van der Waals surface area contributed by atoms with E-state index in [-0.39, 0.29) is 0 Å². The van der Waals surface area contributed by atoms with Gasteiger partial charge in [0, 0.05) is 25.9 Å². The minimum absolute atomic E-state index is 0.362. The lowest BCUT2D eigenvalue weighted by Crippen LogP contribution is -2.36. The van der Waals surface area contributed by atoms with E-state index >= 15 is 0 Å². The predicted molar refractivity (Wildman–Crippen MR) is 67.9 cm³/mol. The summed E-state index contributed by atoms with van der Waals surface area (Å²) in [6.07, 6.45) is 4.41. The van der Waals surface area contributed by atoms with Crippen molar-refractivity contribution in [3.63, 3.8) is 0 Å². The number of ether oxygens (including phenoxy) is 1. The monoisotopic (exact) mass is 233 g/mol. The molecule has 1 unspecified atom stereocenters. The molecule has 0 aromatic carbocycles. The molecule has 1 heterocycles. The highest BCUT2D eigenvalue weighted by Gasteiger charge is 2.16. The Morgan fingerprint density at radius 1 is 1.59 bits per heavy atom. The second kappa shape index (κ2) is 6.87. The predicted octanol–water partition coefficient (Wildman–Crippen LogP) is 2.20. The zero-order chi connectivity index (χ0) is 12.7. The molecule has 0 fully saturated rings. The van der Waals surface area contributed by atoms with Gasteiger partial charge in [0.25, 0.3) is 0 Å². The summed E-state index contributed by atoms with van der Waals surface area (Å²) < 4.78 is 5.12. The maximum atomic E-state index is 9.11. The van der Waals surface area contributed by atoms with Crippen LogP contribution in [0.4, 0.5) is 5.69 Å². The van der Waals surface area contributed by atoms with Gasteiger partial charge in [0.2, 0.25) is 0 Å². The van der Waals surface area contributed by atoms with E-state index in [4.69, 9.17) is 10.00 Å². The number of nitriles is 1. The highest BCUT2D eigenvalue weighted by molar-refractivity contribution is 5.58. The Morgan fingerprint density at radius 2 is 2.35 bits per heavy atom. The SMILES string of the molecule is CCC(C)N(CCOC)c1cnccc1C#N. The first-order valence-electron chi connectivity index (χ1n) is 5.84. The van der Waals surface area contributed by atoms with Crippen LogP contribution in [0.2, 0.25) is 0 Å². The molecule has 0 saturated heterocycles. The van der Waals surface area contributed by atoms with Crippen molar-refractivity contribution in [1.82, 2.24) is 4.98 Å². The molecule has 1 atom stereocenters. The van der Waals surface area contributed by atoms with Gasteiger partial charge in [-0.05, 0) is 19.4 Å². The number of rotatable bonds is 6. The highest BCUT2D eigenvalue weighted by atomic mass is 16.5.